The van der Waals surface area contributed by atoms with Crippen LogP contribution in [0.5, 0.6) is 0 Å². The first-order valence-electron chi connectivity index (χ1n) is 5.79. The molecular formula is C12H11Cl2N3O2. The fraction of sp³-hybridized carbons (Fsp3) is 0.333. The molecule has 0 radical (unpaired) electrons. The number of benzene rings is 1. The van der Waals surface area contributed by atoms with E-state index in [2.05, 4.69) is 5.32 Å². The Kier molecular flexibility index (Phi) is 2.66. The number of primary amides is 1. The molecule has 1 atom stereocenters. The molecule has 2 aliphatic rings. The van der Waals surface area contributed by atoms with Gasteiger partial charge in [0.05, 0.1) is 15.5 Å². The monoisotopic (exact) mass is 299 g/mol. The third-order valence-corrected chi connectivity index (χ3v) is 4.56. The Balaban J connectivity index is 2.08. The highest BCUT2D eigenvalue weighted by molar-refractivity contribution is 6.42. The molecule has 1 aromatic rings. The number of hydrogen-bond donors (Lipinski definition) is 2. The lowest BCUT2D eigenvalue weighted by Gasteiger charge is -2.21. The molecule has 1 saturated heterocycles. The molecule has 100 valence electrons. The summed E-state index contributed by atoms with van der Waals surface area (Å²) in [4.78, 5) is 25.0. The fourth-order valence-corrected chi connectivity index (χ4v) is 3.14. The standard InChI is InChI=1S/C12H11Cl2N3O2/c13-7-3-6-9(4-8(7)14)16-10(18)12(6)1-2-17(5-12)11(15)19/h3-4H,1-2,5H2,(H2,15,19)(H,16,18). The number of urea groups is 1. The highest BCUT2D eigenvalue weighted by Gasteiger charge is 2.52. The van der Waals surface area contributed by atoms with Crippen molar-refractivity contribution in [1.29, 1.82) is 0 Å². The zero-order chi connectivity index (χ0) is 13.8. The van der Waals surface area contributed by atoms with E-state index in [0.29, 0.717) is 28.7 Å². The van der Waals surface area contributed by atoms with Gasteiger partial charge < -0.3 is 16.0 Å². The average molecular weight is 300 g/mol. The van der Waals surface area contributed by atoms with Crippen LogP contribution >= 0.6 is 23.2 Å². The molecule has 1 spiro atoms. The number of likely N-dealkylation sites (tertiary alicyclic amines) is 1. The molecule has 0 aromatic heterocycles. The summed E-state index contributed by atoms with van der Waals surface area (Å²) in [5.41, 5.74) is 5.97. The maximum Gasteiger partial charge on any atom is 0.314 e. The molecule has 1 fully saturated rings. The van der Waals surface area contributed by atoms with Gasteiger partial charge in [-0.15, -0.1) is 0 Å². The van der Waals surface area contributed by atoms with E-state index in [4.69, 9.17) is 28.9 Å². The normalized spacial score (nSPS) is 24.7. The number of carbonyl (C=O) groups excluding carboxylic acids is 2. The number of nitrogens with two attached hydrogens (primary N) is 1. The van der Waals surface area contributed by atoms with Crippen molar-refractivity contribution in [2.45, 2.75) is 11.8 Å². The maximum atomic E-state index is 12.3. The summed E-state index contributed by atoms with van der Waals surface area (Å²) in [5, 5.41) is 3.59. The van der Waals surface area contributed by atoms with Gasteiger partial charge in [0.2, 0.25) is 5.91 Å². The lowest BCUT2D eigenvalue weighted by atomic mass is 9.81. The molecule has 1 unspecified atom stereocenters. The lowest BCUT2D eigenvalue weighted by molar-refractivity contribution is -0.120. The van der Waals surface area contributed by atoms with Crippen LogP contribution in [-0.4, -0.2) is 29.9 Å². The van der Waals surface area contributed by atoms with Crippen LogP contribution in [0.15, 0.2) is 12.1 Å². The molecule has 3 amide bonds. The Morgan fingerprint density at radius 3 is 2.68 bits per heavy atom. The van der Waals surface area contributed by atoms with Crippen molar-refractivity contribution in [3.63, 3.8) is 0 Å². The molecule has 1 aromatic carbocycles. The number of rotatable bonds is 0. The predicted molar refractivity (Wildman–Crippen MR) is 72.5 cm³/mol. The van der Waals surface area contributed by atoms with E-state index in [0.717, 1.165) is 5.56 Å². The minimum absolute atomic E-state index is 0.135. The minimum atomic E-state index is -0.751. The van der Waals surface area contributed by atoms with Crippen LogP contribution < -0.4 is 11.1 Å². The zero-order valence-corrected chi connectivity index (χ0v) is 11.4. The first-order chi connectivity index (χ1) is 8.94. The number of nitrogens with zero attached hydrogens (tertiary/aromatic N) is 1. The third kappa shape index (κ3) is 1.69. The van der Waals surface area contributed by atoms with Crippen molar-refractivity contribution in [2.75, 3.05) is 18.4 Å². The van der Waals surface area contributed by atoms with Gasteiger partial charge >= 0.3 is 6.03 Å². The molecule has 3 N–H and O–H groups in total. The Morgan fingerprint density at radius 2 is 2.05 bits per heavy atom. The maximum absolute atomic E-state index is 12.3. The van der Waals surface area contributed by atoms with E-state index in [-0.39, 0.29) is 12.5 Å². The van der Waals surface area contributed by atoms with Crippen LogP contribution in [-0.2, 0) is 10.2 Å². The number of carbonyl (C=O) groups is 2. The number of anilines is 1. The van der Waals surface area contributed by atoms with Crippen LogP contribution in [0.25, 0.3) is 0 Å². The number of amides is 3. The van der Waals surface area contributed by atoms with Crippen molar-refractivity contribution < 1.29 is 9.59 Å². The van der Waals surface area contributed by atoms with Crippen LogP contribution in [0.1, 0.15) is 12.0 Å². The number of halogens is 2. The molecule has 0 aliphatic carbocycles. The molecule has 3 rings (SSSR count). The van der Waals surface area contributed by atoms with Crippen molar-refractivity contribution in [2.24, 2.45) is 5.73 Å². The number of nitrogens with one attached hydrogen (secondary N) is 1. The Labute approximate surface area is 119 Å². The fourth-order valence-electron chi connectivity index (χ4n) is 2.81. The second-order valence-corrected chi connectivity index (χ2v) is 5.67. The van der Waals surface area contributed by atoms with Gasteiger partial charge in [-0.05, 0) is 24.1 Å². The highest BCUT2D eigenvalue weighted by atomic mass is 35.5. The summed E-state index contributed by atoms with van der Waals surface area (Å²) in [5.74, 6) is -0.135. The highest BCUT2D eigenvalue weighted by Crippen LogP contribution is 2.46. The smallest absolute Gasteiger partial charge is 0.314 e. The molecule has 2 aliphatic heterocycles. The first-order valence-corrected chi connectivity index (χ1v) is 6.55. The quantitative estimate of drug-likeness (QED) is 0.768. The second-order valence-electron chi connectivity index (χ2n) is 4.86. The van der Waals surface area contributed by atoms with Crippen LogP contribution in [0.4, 0.5) is 10.5 Å². The summed E-state index contributed by atoms with van der Waals surface area (Å²) in [6.07, 6.45) is 0.534. The first kappa shape index (κ1) is 12.6. The summed E-state index contributed by atoms with van der Waals surface area (Å²) in [7, 11) is 0. The Bertz CT molecular complexity index is 605. The van der Waals surface area contributed by atoms with Gasteiger partial charge in [-0.3, -0.25) is 4.79 Å². The SMILES string of the molecule is NC(=O)N1CCC2(C1)C(=O)Nc1cc(Cl)c(Cl)cc12. The van der Waals surface area contributed by atoms with E-state index in [9.17, 15) is 9.59 Å². The third-order valence-electron chi connectivity index (χ3n) is 3.84. The van der Waals surface area contributed by atoms with E-state index in [1.54, 1.807) is 12.1 Å². The Hall–Kier alpha value is -1.46. The molecule has 7 heteroatoms. The van der Waals surface area contributed by atoms with Gasteiger partial charge in [-0.2, -0.15) is 0 Å². The van der Waals surface area contributed by atoms with Gasteiger partial charge in [-0.1, -0.05) is 23.2 Å². The number of hydrogen-bond acceptors (Lipinski definition) is 2. The van der Waals surface area contributed by atoms with Crippen molar-refractivity contribution in [3.8, 4) is 0 Å². The average Bonchev–Trinajstić information content (AvgIpc) is 2.88. The molecule has 0 saturated carbocycles. The summed E-state index contributed by atoms with van der Waals surface area (Å²) >= 11 is 12.0. The molecule has 0 bridgehead atoms. The van der Waals surface area contributed by atoms with Gasteiger partial charge in [0.25, 0.3) is 0 Å². The predicted octanol–water partition coefficient (Wildman–Crippen LogP) is 1.97. The van der Waals surface area contributed by atoms with E-state index < -0.39 is 11.4 Å². The topological polar surface area (TPSA) is 75.4 Å². The summed E-state index contributed by atoms with van der Waals surface area (Å²) in [6.45, 7) is 0.738. The van der Waals surface area contributed by atoms with E-state index in [1.807, 2.05) is 0 Å². The van der Waals surface area contributed by atoms with E-state index >= 15 is 0 Å². The summed E-state index contributed by atoms with van der Waals surface area (Å²) < 4.78 is 0. The van der Waals surface area contributed by atoms with Crippen molar-refractivity contribution in [1.82, 2.24) is 4.90 Å². The van der Waals surface area contributed by atoms with Crippen LogP contribution in [0.3, 0.4) is 0 Å². The lowest BCUT2D eigenvalue weighted by Crippen LogP contribution is -2.41. The minimum Gasteiger partial charge on any atom is -0.351 e. The number of fused-ring (bicyclic) bond motifs is 2. The van der Waals surface area contributed by atoms with Crippen molar-refractivity contribution >= 4 is 40.8 Å². The van der Waals surface area contributed by atoms with Gasteiger partial charge in [0.15, 0.2) is 0 Å². The van der Waals surface area contributed by atoms with Crippen LogP contribution in [0.2, 0.25) is 10.0 Å². The zero-order valence-electron chi connectivity index (χ0n) is 9.87. The Morgan fingerprint density at radius 1 is 1.37 bits per heavy atom. The molecule has 19 heavy (non-hydrogen) atoms. The van der Waals surface area contributed by atoms with Gasteiger partial charge in [-0.25, -0.2) is 4.79 Å². The van der Waals surface area contributed by atoms with Crippen LogP contribution in [0, 0.1) is 0 Å². The van der Waals surface area contributed by atoms with E-state index in [1.165, 1.54) is 4.90 Å². The second kappa shape index (κ2) is 4.02. The van der Waals surface area contributed by atoms with Gasteiger partial charge in [0, 0.05) is 18.8 Å². The summed E-state index contributed by atoms with van der Waals surface area (Å²) in [6, 6.07) is 2.82. The molecule has 2 heterocycles. The van der Waals surface area contributed by atoms with Crippen molar-refractivity contribution in [3.05, 3.63) is 27.7 Å². The molecule has 5 nitrogen and oxygen atoms in total. The molecular weight excluding hydrogens is 289 g/mol. The van der Waals surface area contributed by atoms with Gasteiger partial charge in [0.1, 0.15) is 0 Å². The largest absolute Gasteiger partial charge is 0.351 e.